The Kier molecular flexibility index (Phi) is 6.82. The van der Waals surface area contributed by atoms with Gasteiger partial charge in [0.05, 0.1) is 14.2 Å². The number of carbonyl (C=O) groups is 2. The second kappa shape index (κ2) is 8.85. The molecule has 2 N–H and O–H groups in total. The Balaban J connectivity index is 1.90. The summed E-state index contributed by atoms with van der Waals surface area (Å²) in [4.78, 5) is 27.4. The molecule has 6 heteroatoms. The van der Waals surface area contributed by atoms with Crippen LogP contribution in [0.3, 0.4) is 0 Å². The number of amides is 2. The minimum atomic E-state index is -0.0200. The second-order valence-corrected chi connectivity index (χ2v) is 7.13. The average molecular weight is 348 g/mol. The largest absolute Gasteiger partial charge is 0.497 e. The quantitative estimate of drug-likeness (QED) is 0.671. The van der Waals surface area contributed by atoms with Crippen molar-refractivity contribution in [2.75, 3.05) is 27.2 Å². The van der Waals surface area contributed by atoms with Crippen molar-refractivity contribution in [3.8, 4) is 5.75 Å². The third kappa shape index (κ3) is 6.38. The fraction of sp³-hybridized carbons (Fsp3) is 0.579. The van der Waals surface area contributed by atoms with Crippen LogP contribution in [0.4, 0.5) is 0 Å². The number of quaternary nitrogens is 1. The molecule has 138 valence electrons. The standard InChI is InChI=1S/C19H29N3O3/c1-14(2)20-18(23)12-21(3)13-19(24)22(16-7-8-16)11-15-5-9-17(25-4)10-6-15/h5-6,9-10,14,16H,7-8,11-13H2,1-4H3,(H,20,23)/p+1. The van der Waals surface area contributed by atoms with E-state index >= 15 is 0 Å². The summed E-state index contributed by atoms with van der Waals surface area (Å²) in [6.07, 6.45) is 2.13. The maximum Gasteiger partial charge on any atom is 0.278 e. The lowest BCUT2D eigenvalue weighted by atomic mass is 10.2. The Bertz CT molecular complexity index is 582. The number of hydrogen-bond donors (Lipinski definition) is 2. The van der Waals surface area contributed by atoms with Gasteiger partial charge in [0.1, 0.15) is 5.75 Å². The number of carbonyl (C=O) groups excluding carboxylic acids is 2. The van der Waals surface area contributed by atoms with Crippen LogP contribution in [0, 0.1) is 0 Å². The molecule has 6 nitrogen and oxygen atoms in total. The number of hydrogen-bond acceptors (Lipinski definition) is 3. The predicted octanol–water partition coefficient (Wildman–Crippen LogP) is 0.226. The van der Waals surface area contributed by atoms with Gasteiger partial charge in [-0.15, -0.1) is 0 Å². The van der Waals surface area contributed by atoms with Crippen molar-refractivity contribution in [3.63, 3.8) is 0 Å². The zero-order valence-electron chi connectivity index (χ0n) is 15.7. The van der Waals surface area contributed by atoms with Gasteiger partial charge in [-0.05, 0) is 44.4 Å². The molecule has 0 aromatic heterocycles. The second-order valence-electron chi connectivity index (χ2n) is 7.13. The summed E-state index contributed by atoms with van der Waals surface area (Å²) in [6, 6.07) is 8.28. The van der Waals surface area contributed by atoms with Crippen molar-refractivity contribution in [1.82, 2.24) is 10.2 Å². The van der Waals surface area contributed by atoms with E-state index in [9.17, 15) is 9.59 Å². The van der Waals surface area contributed by atoms with Gasteiger partial charge in [-0.2, -0.15) is 0 Å². The van der Waals surface area contributed by atoms with Crippen molar-refractivity contribution in [2.24, 2.45) is 0 Å². The molecule has 0 bridgehead atoms. The van der Waals surface area contributed by atoms with Crippen LogP contribution in [0.1, 0.15) is 32.3 Å². The van der Waals surface area contributed by atoms with Gasteiger partial charge in [-0.25, -0.2) is 0 Å². The Labute approximate surface area is 150 Å². The van der Waals surface area contributed by atoms with Gasteiger partial charge in [0.2, 0.25) is 0 Å². The van der Waals surface area contributed by atoms with Crippen LogP contribution >= 0.6 is 0 Å². The highest BCUT2D eigenvalue weighted by Crippen LogP contribution is 2.28. The Morgan fingerprint density at radius 3 is 2.40 bits per heavy atom. The third-order valence-corrected chi connectivity index (χ3v) is 4.18. The van der Waals surface area contributed by atoms with E-state index in [1.54, 1.807) is 7.11 Å². The van der Waals surface area contributed by atoms with Gasteiger partial charge in [-0.1, -0.05) is 12.1 Å². The summed E-state index contributed by atoms with van der Waals surface area (Å²) in [5.74, 6) is 0.898. The monoisotopic (exact) mass is 348 g/mol. The molecular weight excluding hydrogens is 318 g/mol. The highest BCUT2D eigenvalue weighted by molar-refractivity contribution is 5.79. The van der Waals surface area contributed by atoms with Crippen molar-refractivity contribution in [1.29, 1.82) is 0 Å². The topological polar surface area (TPSA) is 63.1 Å². The van der Waals surface area contributed by atoms with Crippen molar-refractivity contribution in [2.45, 2.75) is 45.3 Å². The molecule has 25 heavy (non-hydrogen) atoms. The minimum absolute atomic E-state index is 0.0200. The molecule has 0 saturated heterocycles. The van der Waals surface area contributed by atoms with E-state index in [1.807, 2.05) is 50.1 Å². The van der Waals surface area contributed by atoms with E-state index in [-0.39, 0.29) is 17.9 Å². The zero-order chi connectivity index (χ0) is 18.4. The van der Waals surface area contributed by atoms with E-state index in [0.717, 1.165) is 29.1 Å². The van der Waals surface area contributed by atoms with Crippen LogP contribution in [-0.4, -0.2) is 56.0 Å². The highest BCUT2D eigenvalue weighted by atomic mass is 16.5. The molecule has 1 aliphatic carbocycles. The maximum absolute atomic E-state index is 12.7. The van der Waals surface area contributed by atoms with Crippen LogP contribution in [0.2, 0.25) is 0 Å². The molecule has 2 amide bonds. The van der Waals surface area contributed by atoms with Gasteiger partial charge < -0.3 is 19.9 Å². The molecule has 1 aromatic rings. The van der Waals surface area contributed by atoms with E-state index in [1.165, 1.54) is 0 Å². The lowest BCUT2D eigenvalue weighted by Crippen LogP contribution is -3.11. The van der Waals surface area contributed by atoms with Crippen LogP contribution in [0.25, 0.3) is 0 Å². The lowest BCUT2D eigenvalue weighted by molar-refractivity contribution is -0.863. The first-order valence-corrected chi connectivity index (χ1v) is 8.92. The van der Waals surface area contributed by atoms with Crippen LogP contribution in [0.5, 0.6) is 5.75 Å². The van der Waals surface area contributed by atoms with Gasteiger partial charge in [0.25, 0.3) is 11.8 Å². The summed E-state index contributed by atoms with van der Waals surface area (Å²) in [7, 11) is 3.53. The normalized spacial score (nSPS) is 14.9. The first kappa shape index (κ1) is 19.2. The molecule has 1 atom stereocenters. The summed E-state index contributed by atoms with van der Waals surface area (Å²) in [5.41, 5.74) is 1.09. The van der Waals surface area contributed by atoms with Crippen LogP contribution in [-0.2, 0) is 16.1 Å². The van der Waals surface area contributed by atoms with E-state index in [4.69, 9.17) is 4.74 Å². The highest BCUT2D eigenvalue weighted by Gasteiger charge is 2.33. The molecule has 1 unspecified atom stereocenters. The number of nitrogens with one attached hydrogen (secondary N) is 2. The summed E-state index contributed by atoms with van der Waals surface area (Å²) < 4.78 is 5.18. The molecule has 0 heterocycles. The molecule has 0 aliphatic heterocycles. The number of ether oxygens (including phenoxy) is 1. The van der Waals surface area contributed by atoms with Crippen molar-refractivity contribution < 1.29 is 19.2 Å². The van der Waals surface area contributed by atoms with E-state index in [2.05, 4.69) is 5.32 Å². The minimum Gasteiger partial charge on any atom is -0.497 e. The Hall–Kier alpha value is -2.08. The first-order chi connectivity index (χ1) is 11.9. The fourth-order valence-corrected chi connectivity index (χ4v) is 2.80. The molecule has 0 radical (unpaired) electrons. The van der Waals surface area contributed by atoms with Crippen molar-refractivity contribution >= 4 is 11.8 Å². The van der Waals surface area contributed by atoms with Crippen LogP contribution in [0.15, 0.2) is 24.3 Å². The SMILES string of the molecule is COc1ccc(CN(C(=O)C[NH+](C)CC(=O)NC(C)C)C2CC2)cc1. The first-order valence-electron chi connectivity index (χ1n) is 8.92. The molecule has 1 aromatic carbocycles. The third-order valence-electron chi connectivity index (χ3n) is 4.18. The fourth-order valence-electron chi connectivity index (χ4n) is 2.80. The molecule has 1 fully saturated rings. The summed E-state index contributed by atoms with van der Waals surface area (Å²) >= 11 is 0. The summed E-state index contributed by atoms with van der Waals surface area (Å²) in [5, 5.41) is 2.87. The summed E-state index contributed by atoms with van der Waals surface area (Å²) in [6.45, 7) is 5.12. The van der Waals surface area contributed by atoms with Crippen LogP contribution < -0.4 is 15.0 Å². The number of benzene rings is 1. The van der Waals surface area contributed by atoms with Gasteiger partial charge in [0, 0.05) is 18.6 Å². The Morgan fingerprint density at radius 2 is 1.88 bits per heavy atom. The predicted molar refractivity (Wildman–Crippen MR) is 96.5 cm³/mol. The molecule has 1 aliphatic rings. The molecule has 1 saturated carbocycles. The smallest absolute Gasteiger partial charge is 0.278 e. The van der Waals surface area contributed by atoms with Gasteiger partial charge in [-0.3, -0.25) is 9.59 Å². The molecule has 0 spiro atoms. The number of likely N-dealkylation sites (N-methyl/N-ethyl adjacent to an activating group) is 1. The van der Waals surface area contributed by atoms with E-state index < -0.39 is 0 Å². The number of rotatable bonds is 9. The van der Waals surface area contributed by atoms with Crippen molar-refractivity contribution in [3.05, 3.63) is 29.8 Å². The maximum atomic E-state index is 12.7. The number of nitrogens with zero attached hydrogens (tertiary/aromatic N) is 1. The lowest BCUT2D eigenvalue weighted by Gasteiger charge is -2.24. The van der Waals surface area contributed by atoms with Gasteiger partial charge in [0.15, 0.2) is 13.1 Å². The number of methoxy groups -OCH3 is 1. The zero-order valence-corrected chi connectivity index (χ0v) is 15.7. The van der Waals surface area contributed by atoms with Gasteiger partial charge >= 0.3 is 0 Å². The van der Waals surface area contributed by atoms with E-state index in [0.29, 0.717) is 25.7 Å². The molecular formula is C19H30N3O3+. The Morgan fingerprint density at radius 1 is 1.24 bits per heavy atom. The molecule has 2 rings (SSSR count). The average Bonchev–Trinajstić information content (AvgIpc) is 3.36.